The van der Waals surface area contributed by atoms with Crippen LogP contribution in [0.25, 0.3) is 0 Å². The summed E-state index contributed by atoms with van der Waals surface area (Å²) in [5, 5.41) is 11.5. The summed E-state index contributed by atoms with van der Waals surface area (Å²) in [5.74, 6) is 0.663. The summed E-state index contributed by atoms with van der Waals surface area (Å²) in [6, 6.07) is 13.5. The Morgan fingerprint density at radius 2 is 1.70 bits per heavy atom. The highest BCUT2D eigenvalue weighted by Crippen LogP contribution is 2.37. The van der Waals surface area contributed by atoms with Crippen molar-refractivity contribution in [1.29, 1.82) is 0 Å². The van der Waals surface area contributed by atoms with Gasteiger partial charge in [0.25, 0.3) is 0 Å². The van der Waals surface area contributed by atoms with E-state index in [1.54, 1.807) is 12.1 Å². The van der Waals surface area contributed by atoms with Crippen molar-refractivity contribution in [1.82, 2.24) is 0 Å². The van der Waals surface area contributed by atoms with Crippen LogP contribution in [0, 0.1) is 0 Å². The van der Waals surface area contributed by atoms with E-state index in [1.807, 2.05) is 18.2 Å². The van der Waals surface area contributed by atoms with Gasteiger partial charge in [-0.2, -0.15) is 0 Å². The minimum atomic E-state index is -0.662. The molecule has 1 aliphatic carbocycles. The second-order valence-electron chi connectivity index (χ2n) is 5.37. The Kier molecular flexibility index (Phi) is 4.02. The maximum absolute atomic E-state index is 10.5. The zero-order chi connectivity index (χ0) is 14.1. The van der Waals surface area contributed by atoms with E-state index in [0.29, 0.717) is 16.0 Å². The molecule has 20 heavy (non-hydrogen) atoms. The standard InChI is InChI=1S/C17H16Cl2O/c18-15-8-7-14(10-16(15)19)17(20)13-6-2-5-12(9-13)11-3-1-4-11/h2,5-11,17,20H,1,3-4H2. The molecule has 0 radical (unpaired) electrons. The van der Waals surface area contributed by atoms with E-state index in [2.05, 4.69) is 12.1 Å². The fraction of sp³-hybridized carbons (Fsp3) is 0.294. The fourth-order valence-corrected chi connectivity index (χ4v) is 2.91. The first-order valence-corrected chi connectivity index (χ1v) is 7.63. The van der Waals surface area contributed by atoms with E-state index in [-0.39, 0.29) is 0 Å². The molecule has 0 saturated heterocycles. The summed E-state index contributed by atoms with van der Waals surface area (Å²) < 4.78 is 0. The fourth-order valence-electron chi connectivity index (χ4n) is 2.60. The van der Waals surface area contributed by atoms with Gasteiger partial charge in [-0.1, -0.05) is 60.0 Å². The van der Waals surface area contributed by atoms with Gasteiger partial charge < -0.3 is 5.11 Å². The number of benzene rings is 2. The summed E-state index contributed by atoms with van der Waals surface area (Å²) in [5.41, 5.74) is 3.01. The minimum absolute atomic E-state index is 0.471. The van der Waals surface area contributed by atoms with Crippen molar-refractivity contribution >= 4 is 23.2 Å². The number of rotatable bonds is 3. The van der Waals surface area contributed by atoms with Crippen LogP contribution in [0.4, 0.5) is 0 Å². The van der Waals surface area contributed by atoms with Gasteiger partial charge in [-0.25, -0.2) is 0 Å². The molecular formula is C17H16Cl2O. The first-order valence-electron chi connectivity index (χ1n) is 6.88. The Bertz CT molecular complexity index is 620. The SMILES string of the molecule is OC(c1cccc(C2CCC2)c1)c1ccc(Cl)c(Cl)c1. The molecular weight excluding hydrogens is 291 g/mol. The second-order valence-corrected chi connectivity index (χ2v) is 6.19. The molecule has 1 aliphatic rings. The molecule has 1 saturated carbocycles. The first kappa shape index (κ1) is 13.9. The lowest BCUT2D eigenvalue weighted by molar-refractivity contribution is 0.220. The third-order valence-electron chi connectivity index (χ3n) is 4.06. The van der Waals surface area contributed by atoms with Gasteiger partial charge in [-0.3, -0.25) is 0 Å². The highest BCUT2D eigenvalue weighted by molar-refractivity contribution is 6.42. The van der Waals surface area contributed by atoms with Crippen LogP contribution < -0.4 is 0 Å². The van der Waals surface area contributed by atoms with E-state index >= 15 is 0 Å². The van der Waals surface area contributed by atoms with Crippen LogP contribution in [-0.4, -0.2) is 5.11 Å². The molecule has 1 fully saturated rings. The monoisotopic (exact) mass is 306 g/mol. The third-order valence-corrected chi connectivity index (χ3v) is 4.80. The third kappa shape index (κ3) is 2.71. The number of aliphatic hydroxyl groups is 1. The van der Waals surface area contributed by atoms with Crippen LogP contribution >= 0.6 is 23.2 Å². The average Bonchev–Trinajstić information content (AvgIpc) is 2.39. The summed E-state index contributed by atoms with van der Waals surface area (Å²) in [6.45, 7) is 0. The normalized spacial score (nSPS) is 16.8. The molecule has 0 heterocycles. The lowest BCUT2D eigenvalue weighted by atomic mass is 9.79. The van der Waals surface area contributed by atoms with E-state index in [9.17, 15) is 5.11 Å². The van der Waals surface area contributed by atoms with E-state index in [4.69, 9.17) is 23.2 Å². The van der Waals surface area contributed by atoms with Crippen LogP contribution in [0.15, 0.2) is 42.5 Å². The Balaban J connectivity index is 1.89. The zero-order valence-corrected chi connectivity index (χ0v) is 12.5. The van der Waals surface area contributed by atoms with Crippen molar-refractivity contribution in [2.24, 2.45) is 0 Å². The Hall–Kier alpha value is -1.02. The molecule has 104 valence electrons. The molecule has 2 aromatic rings. The number of hydrogen-bond donors (Lipinski definition) is 1. The molecule has 1 unspecified atom stereocenters. The topological polar surface area (TPSA) is 20.2 Å². The molecule has 0 amide bonds. The predicted octanol–water partition coefficient (Wildman–Crippen LogP) is 5.34. The first-order chi connectivity index (χ1) is 9.65. The smallest absolute Gasteiger partial charge is 0.104 e. The van der Waals surface area contributed by atoms with Crippen molar-refractivity contribution < 1.29 is 5.11 Å². The van der Waals surface area contributed by atoms with Gasteiger partial charge in [-0.05, 0) is 47.6 Å². The molecule has 0 bridgehead atoms. The highest BCUT2D eigenvalue weighted by atomic mass is 35.5. The van der Waals surface area contributed by atoms with Crippen LogP contribution in [0.2, 0.25) is 10.0 Å². The lowest BCUT2D eigenvalue weighted by Gasteiger charge is -2.26. The summed E-state index contributed by atoms with van der Waals surface area (Å²) in [6.07, 6.45) is 3.16. The molecule has 3 heteroatoms. The summed E-state index contributed by atoms with van der Waals surface area (Å²) >= 11 is 11.9. The molecule has 0 aliphatic heterocycles. The van der Waals surface area contributed by atoms with Crippen molar-refractivity contribution in [3.05, 3.63) is 69.2 Å². The van der Waals surface area contributed by atoms with Crippen LogP contribution in [-0.2, 0) is 0 Å². The van der Waals surface area contributed by atoms with Gasteiger partial charge >= 0.3 is 0 Å². The van der Waals surface area contributed by atoms with Crippen molar-refractivity contribution in [2.75, 3.05) is 0 Å². The number of aliphatic hydroxyl groups excluding tert-OH is 1. The molecule has 0 spiro atoms. The van der Waals surface area contributed by atoms with Gasteiger partial charge in [0.15, 0.2) is 0 Å². The molecule has 0 aromatic heterocycles. The van der Waals surface area contributed by atoms with Gasteiger partial charge in [0.05, 0.1) is 10.0 Å². The van der Waals surface area contributed by atoms with E-state index in [0.717, 1.165) is 11.1 Å². The predicted molar refractivity (Wildman–Crippen MR) is 83.6 cm³/mol. The van der Waals surface area contributed by atoms with Gasteiger partial charge in [0.1, 0.15) is 6.10 Å². The zero-order valence-electron chi connectivity index (χ0n) is 11.0. The van der Waals surface area contributed by atoms with Crippen molar-refractivity contribution in [3.8, 4) is 0 Å². The highest BCUT2D eigenvalue weighted by Gasteiger charge is 2.20. The molecule has 1 nitrogen and oxygen atoms in total. The Labute approximate surface area is 129 Å². The maximum Gasteiger partial charge on any atom is 0.104 e. The van der Waals surface area contributed by atoms with Crippen LogP contribution in [0.1, 0.15) is 48.0 Å². The maximum atomic E-state index is 10.5. The van der Waals surface area contributed by atoms with Gasteiger partial charge in [0.2, 0.25) is 0 Å². The van der Waals surface area contributed by atoms with E-state index in [1.165, 1.54) is 24.8 Å². The van der Waals surface area contributed by atoms with Gasteiger partial charge in [0, 0.05) is 0 Å². The molecule has 2 aromatic carbocycles. The Morgan fingerprint density at radius 3 is 2.35 bits per heavy atom. The van der Waals surface area contributed by atoms with Crippen molar-refractivity contribution in [2.45, 2.75) is 31.3 Å². The molecule has 1 N–H and O–H groups in total. The largest absolute Gasteiger partial charge is 0.384 e. The lowest BCUT2D eigenvalue weighted by Crippen LogP contribution is -2.09. The quantitative estimate of drug-likeness (QED) is 0.811. The second kappa shape index (κ2) is 5.77. The van der Waals surface area contributed by atoms with Crippen molar-refractivity contribution in [3.63, 3.8) is 0 Å². The van der Waals surface area contributed by atoms with E-state index < -0.39 is 6.10 Å². The minimum Gasteiger partial charge on any atom is -0.384 e. The molecule has 3 rings (SSSR count). The Morgan fingerprint density at radius 1 is 0.950 bits per heavy atom. The van der Waals surface area contributed by atoms with Gasteiger partial charge in [-0.15, -0.1) is 0 Å². The van der Waals surface area contributed by atoms with Crippen LogP contribution in [0.3, 0.4) is 0 Å². The number of hydrogen-bond acceptors (Lipinski definition) is 1. The van der Waals surface area contributed by atoms with Crippen LogP contribution in [0.5, 0.6) is 0 Å². The average molecular weight is 307 g/mol. The summed E-state index contributed by atoms with van der Waals surface area (Å²) in [7, 11) is 0. The number of halogens is 2. The molecule has 1 atom stereocenters. The summed E-state index contributed by atoms with van der Waals surface area (Å²) in [4.78, 5) is 0.